The Morgan fingerprint density at radius 3 is 2.43 bits per heavy atom. The number of rotatable bonds is 5. The van der Waals surface area contributed by atoms with Crippen LogP contribution >= 0.6 is 0 Å². The van der Waals surface area contributed by atoms with Crippen LogP contribution in [0.1, 0.15) is 31.9 Å². The molecule has 1 heterocycles. The van der Waals surface area contributed by atoms with Gasteiger partial charge >= 0.3 is 0 Å². The van der Waals surface area contributed by atoms with E-state index in [9.17, 15) is 8.42 Å². The van der Waals surface area contributed by atoms with E-state index in [1.807, 2.05) is 33.0 Å². The van der Waals surface area contributed by atoms with Gasteiger partial charge in [0.25, 0.3) is 0 Å². The number of hydrogen-bond acceptors (Lipinski definition) is 4. The van der Waals surface area contributed by atoms with Crippen molar-refractivity contribution in [2.45, 2.75) is 43.4 Å². The van der Waals surface area contributed by atoms with Gasteiger partial charge in [0, 0.05) is 19.7 Å². The standard InChI is InChI=1S/C15H24N2O3S/c1-11(16-3)13-5-7-14(8-6-13)21(18,19)17(4)15-9-10-20-12(15)2/h5-8,11-12,15-16H,9-10H2,1-4H3. The minimum absolute atomic E-state index is 0.0617. The highest BCUT2D eigenvalue weighted by atomic mass is 32.2. The van der Waals surface area contributed by atoms with Crippen LogP contribution in [0, 0.1) is 0 Å². The van der Waals surface area contributed by atoms with Gasteiger partial charge in [-0.05, 0) is 45.0 Å². The third-order valence-electron chi connectivity index (χ3n) is 4.29. The maximum Gasteiger partial charge on any atom is 0.243 e. The number of sulfonamides is 1. The molecule has 3 unspecified atom stereocenters. The second-order valence-corrected chi connectivity index (χ2v) is 7.53. The summed E-state index contributed by atoms with van der Waals surface area (Å²) in [5.41, 5.74) is 1.07. The molecule has 0 aliphatic carbocycles. The zero-order valence-corrected chi connectivity index (χ0v) is 13.9. The van der Waals surface area contributed by atoms with Crippen LogP contribution in [-0.2, 0) is 14.8 Å². The second-order valence-electron chi connectivity index (χ2n) is 5.53. The summed E-state index contributed by atoms with van der Waals surface area (Å²) in [7, 11) is 0.0422. The molecule has 0 bridgehead atoms. The fourth-order valence-corrected chi connectivity index (χ4v) is 4.08. The van der Waals surface area contributed by atoms with E-state index < -0.39 is 10.0 Å². The zero-order valence-electron chi connectivity index (χ0n) is 13.0. The molecule has 0 aromatic heterocycles. The van der Waals surface area contributed by atoms with Crippen LogP contribution in [0.5, 0.6) is 0 Å². The first-order chi connectivity index (χ1) is 9.87. The molecule has 1 aliphatic rings. The van der Waals surface area contributed by atoms with E-state index in [0.29, 0.717) is 11.5 Å². The van der Waals surface area contributed by atoms with Crippen molar-refractivity contribution in [2.75, 3.05) is 20.7 Å². The van der Waals surface area contributed by atoms with Crippen molar-refractivity contribution < 1.29 is 13.2 Å². The summed E-state index contributed by atoms with van der Waals surface area (Å²) < 4.78 is 32.3. The molecule has 3 atom stereocenters. The highest BCUT2D eigenvalue weighted by Gasteiger charge is 2.35. The second kappa shape index (κ2) is 6.44. The Balaban J connectivity index is 2.23. The van der Waals surface area contributed by atoms with Crippen LogP contribution in [0.15, 0.2) is 29.2 Å². The van der Waals surface area contributed by atoms with Gasteiger partial charge in [-0.1, -0.05) is 12.1 Å². The van der Waals surface area contributed by atoms with E-state index >= 15 is 0 Å². The first-order valence-electron chi connectivity index (χ1n) is 7.24. The van der Waals surface area contributed by atoms with E-state index in [0.717, 1.165) is 12.0 Å². The van der Waals surface area contributed by atoms with E-state index in [-0.39, 0.29) is 18.2 Å². The number of hydrogen-bond donors (Lipinski definition) is 1. The van der Waals surface area contributed by atoms with E-state index in [1.54, 1.807) is 19.2 Å². The van der Waals surface area contributed by atoms with E-state index in [1.165, 1.54) is 4.31 Å². The third kappa shape index (κ3) is 3.29. The van der Waals surface area contributed by atoms with Gasteiger partial charge in [0.05, 0.1) is 17.0 Å². The largest absolute Gasteiger partial charge is 0.377 e. The average molecular weight is 312 g/mol. The predicted molar refractivity (Wildman–Crippen MR) is 82.7 cm³/mol. The number of benzene rings is 1. The van der Waals surface area contributed by atoms with Crippen LogP contribution in [0.25, 0.3) is 0 Å². The Bertz CT molecular complexity index is 571. The topological polar surface area (TPSA) is 58.6 Å². The molecule has 0 radical (unpaired) electrons. The number of likely N-dealkylation sites (N-methyl/N-ethyl adjacent to an activating group) is 1. The summed E-state index contributed by atoms with van der Waals surface area (Å²) in [5, 5.41) is 3.14. The van der Waals surface area contributed by atoms with Crippen molar-refractivity contribution in [1.82, 2.24) is 9.62 Å². The highest BCUT2D eigenvalue weighted by Crippen LogP contribution is 2.25. The molecule has 1 aromatic carbocycles. The fraction of sp³-hybridized carbons (Fsp3) is 0.600. The Morgan fingerprint density at radius 1 is 1.33 bits per heavy atom. The van der Waals surface area contributed by atoms with Gasteiger partial charge in [-0.3, -0.25) is 0 Å². The minimum atomic E-state index is -3.47. The lowest BCUT2D eigenvalue weighted by molar-refractivity contribution is 0.102. The predicted octanol–water partition coefficient (Wildman–Crippen LogP) is 1.76. The summed E-state index contributed by atoms with van der Waals surface area (Å²) in [4.78, 5) is 0.330. The Labute approximate surface area is 127 Å². The third-order valence-corrected chi connectivity index (χ3v) is 6.19. The molecule has 0 spiro atoms. The molecular weight excluding hydrogens is 288 g/mol. The lowest BCUT2D eigenvalue weighted by Gasteiger charge is -2.26. The molecule has 0 saturated carbocycles. The highest BCUT2D eigenvalue weighted by molar-refractivity contribution is 7.89. The summed E-state index contributed by atoms with van der Waals surface area (Å²) >= 11 is 0. The van der Waals surface area contributed by atoms with Crippen molar-refractivity contribution in [3.63, 3.8) is 0 Å². The van der Waals surface area contributed by atoms with Gasteiger partial charge in [0.2, 0.25) is 10.0 Å². The lowest BCUT2D eigenvalue weighted by Crippen LogP contribution is -2.40. The molecule has 1 N–H and O–H groups in total. The van der Waals surface area contributed by atoms with Crippen molar-refractivity contribution in [3.8, 4) is 0 Å². The van der Waals surface area contributed by atoms with Crippen LogP contribution in [0.2, 0.25) is 0 Å². The molecule has 5 nitrogen and oxygen atoms in total. The maximum atomic E-state index is 12.7. The maximum absolute atomic E-state index is 12.7. The molecular formula is C15H24N2O3S. The van der Waals surface area contributed by atoms with Crippen LogP contribution in [-0.4, -0.2) is 45.6 Å². The molecule has 118 valence electrons. The summed E-state index contributed by atoms with van der Waals surface area (Å²) in [5.74, 6) is 0. The molecule has 1 aliphatic heterocycles. The SMILES string of the molecule is CNC(C)c1ccc(S(=O)(=O)N(C)C2CCOC2C)cc1. The molecule has 1 fully saturated rings. The Hall–Kier alpha value is -0.950. The zero-order chi connectivity index (χ0) is 15.6. The quantitative estimate of drug-likeness (QED) is 0.900. The number of nitrogens with one attached hydrogen (secondary N) is 1. The molecule has 2 rings (SSSR count). The Morgan fingerprint density at radius 2 is 1.95 bits per heavy atom. The van der Waals surface area contributed by atoms with Crippen LogP contribution in [0.4, 0.5) is 0 Å². The summed E-state index contributed by atoms with van der Waals surface area (Å²) in [6.07, 6.45) is 0.680. The van der Waals surface area contributed by atoms with Gasteiger partial charge < -0.3 is 10.1 Å². The summed E-state index contributed by atoms with van der Waals surface area (Å²) in [6, 6.07) is 7.17. The van der Waals surface area contributed by atoms with Crippen molar-refractivity contribution >= 4 is 10.0 Å². The van der Waals surface area contributed by atoms with E-state index in [2.05, 4.69) is 5.32 Å². The molecule has 1 aromatic rings. The van der Waals surface area contributed by atoms with Crippen molar-refractivity contribution in [3.05, 3.63) is 29.8 Å². The Kier molecular flexibility index (Phi) is 5.03. The van der Waals surface area contributed by atoms with Gasteiger partial charge in [-0.25, -0.2) is 8.42 Å². The number of nitrogens with zero attached hydrogens (tertiary/aromatic N) is 1. The minimum Gasteiger partial charge on any atom is -0.377 e. The van der Waals surface area contributed by atoms with Crippen molar-refractivity contribution in [1.29, 1.82) is 0 Å². The van der Waals surface area contributed by atoms with Gasteiger partial charge in [0.1, 0.15) is 0 Å². The first-order valence-corrected chi connectivity index (χ1v) is 8.68. The molecule has 6 heteroatoms. The molecule has 21 heavy (non-hydrogen) atoms. The normalized spacial score (nSPS) is 24.4. The smallest absolute Gasteiger partial charge is 0.243 e. The fourth-order valence-electron chi connectivity index (χ4n) is 2.64. The van der Waals surface area contributed by atoms with Crippen LogP contribution < -0.4 is 5.32 Å². The van der Waals surface area contributed by atoms with Gasteiger partial charge in [-0.15, -0.1) is 0 Å². The monoisotopic (exact) mass is 312 g/mol. The first kappa shape index (κ1) is 16.4. The summed E-state index contributed by atoms with van der Waals surface area (Å²) in [6.45, 7) is 4.57. The van der Waals surface area contributed by atoms with Gasteiger partial charge in [-0.2, -0.15) is 4.31 Å². The molecule has 1 saturated heterocycles. The van der Waals surface area contributed by atoms with E-state index in [4.69, 9.17) is 4.74 Å². The number of ether oxygens (including phenoxy) is 1. The van der Waals surface area contributed by atoms with Crippen molar-refractivity contribution in [2.24, 2.45) is 0 Å². The lowest BCUT2D eigenvalue weighted by atomic mass is 10.1. The average Bonchev–Trinajstić information content (AvgIpc) is 2.91. The van der Waals surface area contributed by atoms with Crippen LogP contribution in [0.3, 0.4) is 0 Å². The van der Waals surface area contributed by atoms with Gasteiger partial charge in [0.15, 0.2) is 0 Å². The molecule has 0 amide bonds.